The van der Waals surface area contributed by atoms with Crippen LogP contribution in [0.4, 0.5) is 0 Å². The zero-order valence-electron chi connectivity index (χ0n) is 12.3. The van der Waals surface area contributed by atoms with E-state index in [1.54, 1.807) is 22.7 Å². The third-order valence-corrected chi connectivity index (χ3v) is 6.11. The van der Waals surface area contributed by atoms with E-state index in [1.807, 2.05) is 16.3 Å². The highest BCUT2D eigenvalue weighted by Gasteiger charge is 2.35. The highest BCUT2D eigenvalue weighted by atomic mass is 32.1. The van der Waals surface area contributed by atoms with Gasteiger partial charge in [-0.2, -0.15) is 5.10 Å². The summed E-state index contributed by atoms with van der Waals surface area (Å²) in [5.74, 6) is -0.199. The van der Waals surface area contributed by atoms with Crippen LogP contribution < -0.4 is 5.43 Å². The van der Waals surface area contributed by atoms with Crippen LogP contribution in [-0.2, 0) is 16.0 Å². The largest absolute Gasteiger partial charge is 0.325 e. The number of thiophene rings is 2. The average molecular weight is 345 g/mol. The molecule has 23 heavy (non-hydrogen) atoms. The molecule has 2 aliphatic rings. The highest BCUT2D eigenvalue weighted by Crippen LogP contribution is 2.39. The molecule has 0 aromatic carbocycles. The van der Waals surface area contributed by atoms with Crippen LogP contribution in [0.15, 0.2) is 34.1 Å². The van der Waals surface area contributed by atoms with Gasteiger partial charge >= 0.3 is 0 Å². The molecule has 5 nitrogen and oxygen atoms in total. The third-order valence-electron chi connectivity index (χ3n) is 4.19. The van der Waals surface area contributed by atoms with Gasteiger partial charge in [-0.1, -0.05) is 6.07 Å². The first-order valence-electron chi connectivity index (χ1n) is 7.50. The molecule has 1 N–H and O–H groups in total. The van der Waals surface area contributed by atoms with Gasteiger partial charge in [0, 0.05) is 29.1 Å². The Morgan fingerprint density at radius 2 is 2.13 bits per heavy atom. The van der Waals surface area contributed by atoms with Crippen LogP contribution in [0, 0.1) is 0 Å². The average Bonchev–Trinajstić information content (AvgIpc) is 3.25. The number of hydrogen-bond donors (Lipinski definition) is 1. The minimum Gasteiger partial charge on any atom is -0.325 e. The standard InChI is InChI=1S/C16H15N3O2S2/c20-14-4-3-11(17-18-14)16(21)19-7-5-12-10(6-9-23-12)15(19)13-2-1-8-22-13/h1-2,6,8-9,15H,3-5,7H2,(H,18,20)/t15-/m1/s1. The first-order valence-corrected chi connectivity index (χ1v) is 9.26. The smallest absolute Gasteiger partial charge is 0.270 e. The predicted octanol–water partition coefficient (Wildman–Crippen LogP) is 2.55. The topological polar surface area (TPSA) is 61.8 Å². The van der Waals surface area contributed by atoms with Crippen LogP contribution in [0.5, 0.6) is 0 Å². The summed E-state index contributed by atoms with van der Waals surface area (Å²) in [6.45, 7) is 0.682. The molecule has 0 spiro atoms. The molecule has 0 radical (unpaired) electrons. The molecule has 0 saturated heterocycles. The molecule has 0 aliphatic carbocycles. The molecule has 0 unspecified atom stereocenters. The summed E-state index contributed by atoms with van der Waals surface area (Å²) in [5, 5.41) is 8.11. The Hall–Kier alpha value is -1.99. The number of fused-ring (bicyclic) bond motifs is 1. The fourth-order valence-corrected chi connectivity index (χ4v) is 4.84. The van der Waals surface area contributed by atoms with E-state index in [0.29, 0.717) is 25.1 Å². The lowest BCUT2D eigenvalue weighted by molar-refractivity contribution is -0.126. The number of hydrazone groups is 1. The summed E-state index contributed by atoms with van der Waals surface area (Å²) < 4.78 is 0. The summed E-state index contributed by atoms with van der Waals surface area (Å²) >= 11 is 3.42. The summed E-state index contributed by atoms with van der Waals surface area (Å²) in [6, 6.07) is 6.17. The molecule has 4 heterocycles. The van der Waals surface area contributed by atoms with Crippen LogP contribution in [0.25, 0.3) is 0 Å². The van der Waals surface area contributed by atoms with Crippen molar-refractivity contribution in [3.05, 3.63) is 44.3 Å². The maximum absolute atomic E-state index is 12.9. The monoisotopic (exact) mass is 345 g/mol. The molecular weight excluding hydrogens is 330 g/mol. The quantitative estimate of drug-likeness (QED) is 0.909. The van der Waals surface area contributed by atoms with Crippen molar-refractivity contribution in [2.45, 2.75) is 25.3 Å². The Morgan fingerprint density at radius 1 is 1.22 bits per heavy atom. The maximum atomic E-state index is 12.9. The second kappa shape index (κ2) is 5.90. The Balaban J connectivity index is 1.70. The third kappa shape index (κ3) is 2.60. The molecule has 0 fully saturated rings. The zero-order valence-corrected chi connectivity index (χ0v) is 14.0. The van der Waals surface area contributed by atoms with Crippen LogP contribution in [0.2, 0.25) is 0 Å². The summed E-state index contributed by atoms with van der Waals surface area (Å²) in [6.07, 6.45) is 1.61. The van der Waals surface area contributed by atoms with E-state index in [9.17, 15) is 9.59 Å². The molecule has 2 aromatic rings. The second-order valence-electron chi connectivity index (χ2n) is 5.56. The van der Waals surface area contributed by atoms with E-state index in [1.165, 1.54) is 10.4 Å². The van der Waals surface area contributed by atoms with Gasteiger partial charge in [0.15, 0.2) is 0 Å². The van der Waals surface area contributed by atoms with Crippen LogP contribution in [0.3, 0.4) is 0 Å². The summed E-state index contributed by atoms with van der Waals surface area (Å²) in [7, 11) is 0. The number of nitrogens with zero attached hydrogens (tertiary/aromatic N) is 2. The van der Waals surface area contributed by atoms with Crippen molar-refractivity contribution in [3.63, 3.8) is 0 Å². The Morgan fingerprint density at radius 3 is 2.87 bits per heavy atom. The van der Waals surface area contributed by atoms with Gasteiger partial charge in [0.25, 0.3) is 5.91 Å². The number of hydrogen-bond acceptors (Lipinski definition) is 5. The number of carbonyl (C=O) groups excluding carboxylic acids is 2. The zero-order chi connectivity index (χ0) is 15.8. The molecule has 7 heteroatoms. The molecule has 0 saturated carbocycles. The van der Waals surface area contributed by atoms with Crippen molar-refractivity contribution < 1.29 is 9.59 Å². The molecule has 2 aromatic heterocycles. The number of nitrogens with one attached hydrogen (secondary N) is 1. The van der Waals surface area contributed by atoms with Crippen molar-refractivity contribution >= 4 is 40.2 Å². The molecular formula is C16H15N3O2S2. The van der Waals surface area contributed by atoms with E-state index in [4.69, 9.17) is 0 Å². The number of amides is 2. The van der Waals surface area contributed by atoms with E-state index >= 15 is 0 Å². The van der Waals surface area contributed by atoms with Gasteiger partial charge in [-0.15, -0.1) is 22.7 Å². The minimum atomic E-state index is -0.130. The molecule has 4 rings (SSSR count). The summed E-state index contributed by atoms with van der Waals surface area (Å²) in [4.78, 5) is 28.6. The Labute approximate surface area is 141 Å². The fraction of sp³-hybridized carbons (Fsp3) is 0.312. The van der Waals surface area contributed by atoms with E-state index in [2.05, 4.69) is 28.0 Å². The fourth-order valence-electron chi connectivity index (χ4n) is 3.08. The van der Waals surface area contributed by atoms with Gasteiger partial charge < -0.3 is 4.90 Å². The van der Waals surface area contributed by atoms with Gasteiger partial charge in [0.2, 0.25) is 5.91 Å². The van der Waals surface area contributed by atoms with E-state index < -0.39 is 0 Å². The van der Waals surface area contributed by atoms with Gasteiger partial charge in [0.05, 0.1) is 6.04 Å². The van der Waals surface area contributed by atoms with Crippen molar-refractivity contribution in [2.75, 3.05) is 6.54 Å². The Kier molecular flexibility index (Phi) is 3.74. The molecule has 1 atom stereocenters. The molecule has 118 valence electrons. The van der Waals surface area contributed by atoms with Crippen molar-refractivity contribution in [1.82, 2.24) is 10.3 Å². The summed E-state index contributed by atoms with van der Waals surface area (Å²) in [5.41, 5.74) is 4.09. The van der Waals surface area contributed by atoms with Gasteiger partial charge in [-0.05, 0) is 34.9 Å². The van der Waals surface area contributed by atoms with Gasteiger partial charge in [0.1, 0.15) is 5.71 Å². The maximum Gasteiger partial charge on any atom is 0.270 e. The van der Waals surface area contributed by atoms with Gasteiger partial charge in [-0.25, -0.2) is 5.43 Å². The lowest BCUT2D eigenvalue weighted by atomic mass is 9.97. The lowest BCUT2D eigenvalue weighted by Gasteiger charge is -2.36. The first-order chi connectivity index (χ1) is 11.2. The second-order valence-corrected chi connectivity index (χ2v) is 7.54. The molecule has 2 aliphatic heterocycles. The SMILES string of the molecule is O=C1CCC(C(=O)N2CCc3sccc3[C@@H]2c2cccs2)=NN1. The van der Waals surface area contributed by atoms with Crippen LogP contribution in [-0.4, -0.2) is 29.0 Å². The predicted molar refractivity (Wildman–Crippen MR) is 90.7 cm³/mol. The van der Waals surface area contributed by atoms with Crippen LogP contribution in [0.1, 0.15) is 34.2 Å². The highest BCUT2D eigenvalue weighted by molar-refractivity contribution is 7.10. The van der Waals surface area contributed by atoms with Crippen molar-refractivity contribution in [1.29, 1.82) is 0 Å². The van der Waals surface area contributed by atoms with Crippen molar-refractivity contribution in [3.8, 4) is 0 Å². The number of rotatable bonds is 2. The van der Waals surface area contributed by atoms with Crippen LogP contribution >= 0.6 is 22.7 Å². The van der Waals surface area contributed by atoms with E-state index in [0.717, 1.165) is 11.3 Å². The minimum absolute atomic E-state index is 0.0437. The normalized spacial score (nSPS) is 20.7. The first kappa shape index (κ1) is 14.6. The number of carbonyl (C=O) groups is 2. The van der Waals surface area contributed by atoms with E-state index in [-0.39, 0.29) is 17.9 Å². The Bertz CT molecular complexity index is 779. The van der Waals surface area contributed by atoms with Gasteiger partial charge in [-0.3, -0.25) is 9.59 Å². The van der Waals surface area contributed by atoms with Crippen molar-refractivity contribution in [2.24, 2.45) is 5.10 Å². The lowest BCUT2D eigenvalue weighted by Crippen LogP contribution is -2.45. The molecule has 0 bridgehead atoms. The molecule has 2 amide bonds.